The van der Waals surface area contributed by atoms with Crippen LogP contribution in [0.25, 0.3) is 5.13 Å². The Hall–Kier alpha value is -1.81. The van der Waals surface area contributed by atoms with Crippen LogP contribution >= 0.6 is 11.3 Å². The number of aryl methyl sites for hydroxylation is 1. The van der Waals surface area contributed by atoms with E-state index in [-0.39, 0.29) is 0 Å². The maximum atomic E-state index is 8.91. The molecule has 16 heavy (non-hydrogen) atoms. The molecule has 0 aliphatic heterocycles. The Kier molecular flexibility index (Phi) is 2.92. The Balaban J connectivity index is 2.49. The molecule has 6 nitrogen and oxygen atoms in total. The Bertz CT molecular complexity index is 534. The van der Waals surface area contributed by atoms with Crippen molar-refractivity contribution in [3.63, 3.8) is 0 Å². The fourth-order valence-corrected chi connectivity index (χ4v) is 2.04. The number of nitriles is 1. The van der Waals surface area contributed by atoms with Gasteiger partial charge in [-0.05, 0) is 13.3 Å². The second-order valence-corrected chi connectivity index (χ2v) is 4.42. The molecular formula is C9H10N6S. The van der Waals surface area contributed by atoms with E-state index in [9.17, 15) is 0 Å². The summed E-state index contributed by atoms with van der Waals surface area (Å²) in [6.07, 6.45) is 1.69. The van der Waals surface area contributed by atoms with Crippen molar-refractivity contribution in [2.24, 2.45) is 0 Å². The topological polar surface area (TPSA) is 80.3 Å². The van der Waals surface area contributed by atoms with E-state index in [0.717, 1.165) is 23.5 Å². The van der Waals surface area contributed by atoms with Crippen LogP contribution in [0, 0.1) is 18.3 Å². The molecule has 2 aromatic rings. The standard InChI is InChI=1S/C9H10N6S/c1-3-4-8-7(5-10)12-14-15(8)9-13-11-6(2)16-9/h3-4H2,1-2H3. The third-order valence-electron chi connectivity index (χ3n) is 2.05. The Morgan fingerprint density at radius 2 is 2.19 bits per heavy atom. The van der Waals surface area contributed by atoms with Gasteiger partial charge in [-0.2, -0.15) is 9.94 Å². The molecule has 0 amide bonds. The van der Waals surface area contributed by atoms with Gasteiger partial charge in [0, 0.05) is 0 Å². The van der Waals surface area contributed by atoms with Crippen molar-refractivity contribution < 1.29 is 0 Å². The van der Waals surface area contributed by atoms with E-state index in [0.29, 0.717) is 10.8 Å². The van der Waals surface area contributed by atoms with E-state index in [1.807, 2.05) is 19.9 Å². The number of aromatic nitrogens is 5. The lowest BCUT2D eigenvalue weighted by molar-refractivity contribution is 0.732. The van der Waals surface area contributed by atoms with E-state index in [1.54, 1.807) is 4.68 Å². The summed E-state index contributed by atoms with van der Waals surface area (Å²) >= 11 is 1.43. The summed E-state index contributed by atoms with van der Waals surface area (Å²) in [5.74, 6) is 0. The molecule has 0 spiro atoms. The molecule has 2 aromatic heterocycles. The van der Waals surface area contributed by atoms with Crippen molar-refractivity contribution in [1.29, 1.82) is 5.26 Å². The summed E-state index contributed by atoms with van der Waals surface area (Å²) in [7, 11) is 0. The zero-order valence-corrected chi connectivity index (χ0v) is 9.82. The van der Waals surface area contributed by atoms with Gasteiger partial charge in [0.05, 0.1) is 5.69 Å². The van der Waals surface area contributed by atoms with Crippen molar-refractivity contribution >= 4 is 11.3 Å². The number of hydrogen-bond acceptors (Lipinski definition) is 6. The third-order valence-corrected chi connectivity index (χ3v) is 2.87. The quantitative estimate of drug-likeness (QED) is 0.798. The second-order valence-electron chi connectivity index (χ2n) is 3.26. The Morgan fingerprint density at radius 3 is 2.75 bits per heavy atom. The van der Waals surface area contributed by atoms with Gasteiger partial charge >= 0.3 is 0 Å². The van der Waals surface area contributed by atoms with E-state index >= 15 is 0 Å². The molecule has 82 valence electrons. The monoisotopic (exact) mass is 234 g/mol. The predicted octanol–water partition coefficient (Wildman–Crippen LogP) is 1.25. The molecule has 0 aromatic carbocycles. The van der Waals surface area contributed by atoms with Crippen LogP contribution in [-0.4, -0.2) is 25.2 Å². The first-order valence-electron chi connectivity index (χ1n) is 4.91. The summed E-state index contributed by atoms with van der Waals surface area (Å²) in [5.41, 5.74) is 1.18. The van der Waals surface area contributed by atoms with E-state index < -0.39 is 0 Å². The van der Waals surface area contributed by atoms with Crippen molar-refractivity contribution in [2.75, 3.05) is 0 Å². The summed E-state index contributed by atoms with van der Waals surface area (Å²) in [6, 6.07) is 2.04. The number of hydrogen-bond donors (Lipinski definition) is 0. The van der Waals surface area contributed by atoms with Gasteiger partial charge < -0.3 is 0 Å². The lowest BCUT2D eigenvalue weighted by Crippen LogP contribution is -2.02. The highest BCUT2D eigenvalue weighted by Crippen LogP contribution is 2.17. The van der Waals surface area contributed by atoms with E-state index in [4.69, 9.17) is 5.26 Å². The summed E-state index contributed by atoms with van der Waals surface area (Å²) in [5, 5.41) is 26.1. The van der Waals surface area contributed by atoms with Gasteiger partial charge in [-0.15, -0.1) is 15.3 Å². The van der Waals surface area contributed by atoms with Gasteiger partial charge in [-0.1, -0.05) is 29.9 Å². The van der Waals surface area contributed by atoms with Gasteiger partial charge in [-0.3, -0.25) is 0 Å². The van der Waals surface area contributed by atoms with Crippen molar-refractivity contribution in [3.8, 4) is 11.2 Å². The molecule has 2 rings (SSSR count). The second kappa shape index (κ2) is 4.37. The van der Waals surface area contributed by atoms with Gasteiger partial charge in [0.2, 0.25) is 5.13 Å². The summed E-state index contributed by atoms with van der Waals surface area (Å²) < 4.78 is 1.60. The molecule has 0 saturated heterocycles. The molecule has 0 bridgehead atoms. The molecule has 0 atom stereocenters. The molecule has 0 aliphatic carbocycles. The van der Waals surface area contributed by atoms with Crippen LogP contribution in [0.1, 0.15) is 29.7 Å². The number of nitrogens with zero attached hydrogens (tertiary/aromatic N) is 6. The van der Waals surface area contributed by atoms with Gasteiger partial charge in [0.25, 0.3) is 0 Å². The van der Waals surface area contributed by atoms with Crippen LogP contribution < -0.4 is 0 Å². The minimum atomic E-state index is 0.370. The first-order valence-corrected chi connectivity index (χ1v) is 5.73. The third kappa shape index (κ3) is 1.79. The van der Waals surface area contributed by atoms with Crippen molar-refractivity contribution in [1.82, 2.24) is 25.2 Å². The molecule has 0 aliphatic rings. The molecular weight excluding hydrogens is 224 g/mol. The highest BCUT2D eigenvalue weighted by molar-refractivity contribution is 7.13. The van der Waals surface area contributed by atoms with Crippen LogP contribution in [0.4, 0.5) is 0 Å². The van der Waals surface area contributed by atoms with Gasteiger partial charge in [0.1, 0.15) is 11.1 Å². The Labute approximate surface area is 96.5 Å². The lowest BCUT2D eigenvalue weighted by Gasteiger charge is -1.99. The van der Waals surface area contributed by atoms with Crippen molar-refractivity contribution in [2.45, 2.75) is 26.7 Å². The van der Waals surface area contributed by atoms with Crippen LogP contribution in [0.5, 0.6) is 0 Å². The molecule has 0 fully saturated rings. The zero-order chi connectivity index (χ0) is 11.5. The van der Waals surface area contributed by atoms with Crippen LogP contribution in [-0.2, 0) is 6.42 Å². The molecule has 7 heteroatoms. The molecule has 0 saturated carbocycles. The number of rotatable bonds is 3. The summed E-state index contributed by atoms with van der Waals surface area (Å²) in [6.45, 7) is 3.92. The maximum absolute atomic E-state index is 8.91. The van der Waals surface area contributed by atoms with Crippen LogP contribution in [0.3, 0.4) is 0 Å². The molecule has 0 N–H and O–H groups in total. The molecule has 0 radical (unpaired) electrons. The fraction of sp³-hybridized carbons (Fsp3) is 0.444. The molecule has 0 unspecified atom stereocenters. The average molecular weight is 234 g/mol. The largest absolute Gasteiger partial charge is 0.234 e. The van der Waals surface area contributed by atoms with E-state index in [1.165, 1.54) is 11.3 Å². The lowest BCUT2D eigenvalue weighted by atomic mass is 10.2. The van der Waals surface area contributed by atoms with Gasteiger partial charge in [0.15, 0.2) is 5.69 Å². The minimum Gasteiger partial charge on any atom is -0.191 e. The first-order chi connectivity index (χ1) is 7.76. The van der Waals surface area contributed by atoms with Gasteiger partial charge in [-0.25, -0.2) is 0 Å². The zero-order valence-electron chi connectivity index (χ0n) is 9.01. The molecule has 2 heterocycles. The van der Waals surface area contributed by atoms with Crippen molar-refractivity contribution in [3.05, 3.63) is 16.4 Å². The smallest absolute Gasteiger partial charge is 0.191 e. The predicted molar refractivity (Wildman–Crippen MR) is 58.3 cm³/mol. The van der Waals surface area contributed by atoms with E-state index in [2.05, 4.69) is 20.5 Å². The Morgan fingerprint density at radius 1 is 1.38 bits per heavy atom. The first kappa shape index (κ1) is 10.7. The maximum Gasteiger partial charge on any atom is 0.234 e. The summed E-state index contributed by atoms with van der Waals surface area (Å²) in [4.78, 5) is 0. The fourth-order valence-electron chi connectivity index (χ4n) is 1.37. The minimum absolute atomic E-state index is 0.370. The SMILES string of the molecule is CCCc1c(C#N)nnn1-c1nnc(C)s1. The highest BCUT2D eigenvalue weighted by Gasteiger charge is 2.15. The van der Waals surface area contributed by atoms with Crippen LogP contribution in [0.2, 0.25) is 0 Å². The highest BCUT2D eigenvalue weighted by atomic mass is 32.1. The average Bonchev–Trinajstić information content (AvgIpc) is 2.85. The van der Waals surface area contributed by atoms with Crippen LogP contribution in [0.15, 0.2) is 0 Å². The normalized spacial score (nSPS) is 10.3.